The first-order valence-electron chi connectivity index (χ1n) is 8.92. The van der Waals surface area contributed by atoms with E-state index in [-0.39, 0.29) is 18.4 Å². The summed E-state index contributed by atoms with van der Waals surface area (Å²) in [6.45, 7) is 7.72. The van der Waals surface area contributed by atoms with Crippen molar-refractivity contribution < 1.29 is 18.8 Å². The van der Waals surface area contributed by atoms with E-state index in [1.165, 1.54) is 0 Å². The molecular weight excluding hydrogens is 334 g/mol. The highest BCUT2D eigenvalue weighted by atomic mass is 16.6. The minimum atomic E-state index is -0.521. The molecule has 0 atom stereocenters. The quantitative estimate of drug-likeness (QED) is 0.824. The zero-order chi connectivity index (χ0) is 18.7. The van der Waals surface area contributed by atoms with E-state index < -0.39 is 5.60 Å². The lowest BCUT2D eigenvalue weighted by atomic mass is 10.1. The van der Waals surface area contributed by atoms with Crippen LogP contribution in [0.4, 0.5) is 4.79 Å². The molecule has 0 N–H and O–H groups in total. The van der Waals surface area contributed by atoms with Gasteiger partial charge >= 0.3 is 6.09 Å². The molecular formula is C19H25N3O4. The van der Waals surface area contributed by atoms with Gasteiger partial charge in [-0.1, -0.05) is 17.3 Å². The zero-order valence-corrected chi connectivity index (χ0v) is 15.5. The van der Waals surface area contributed by atoms with Crippen LogP contribution in [0.1, 0.15) is 32.9 Å². The molecule has 0 spiro atoms. The number of amides is 2. The Bertz CT molecular complexity index is 793. The molecule has 1 aliphatic heterocycles. The van der Waals surface area contributed by atoms with Gasteiger partial charge in [0.2, 0.25) is 5.91 Å². The molecule has 140 valence electrons. The van der Waals surface area contributed by atoms with Crippen LogP contribution in [-0.2, 0) is 16.0 Å². The summed E-state index contributed by atoms with van der Waals surface area (Å²) in [5, 5.41) is 4.90. The number of aromatic nitrogens is 1. The van der Waals surface area contributed by atoms with Crippen LogP contribution in [0.25, 0.3) is 11.0 Å². The molecule has 7 heteroatoms. The fourth-order valence-electron chi connectivity index (χ4n) is 3.00. The predicted octanol–water partition coefficient (Wildman–Crippen LogP) is 2.84. The van der Waals surface area contributed by atoms with Crippen LogP contribution in [0, 0.1) is 0 Å². The largest absolute Gasteiger partial charge is 0.444 e. The van der Waals surface area contributed by atoms with Crippen molar-refractivity contribution in [3.8, 4) is 0 Å². The topological polar surface area (TPSA) is 75.9 Å². The van der Waals surface area contributed by atoms with E-state index in [1.54, 1.807) is 9.80 Å². The summed E-state index contributed by atoms with van der Waals surface area (Å²) in [5.74, 6) is -0.00454. The average Bonchev–Trinajstić information content (AvgIpc) is 2.81. The number of carbonyl (C=O) groups excluding carboxylic acids is 2. The number of para-hydroxylation sites is 1. The molecule has 7 nitrogen and oxygen atoms in total. The Kier molecular flexibility index (Phi) is 5.15. The standard InChI is InChI=1S/C19H25N3O4/c1-19(2,3)25-18(24)22-10-6-9-21(11-12-22)17(23)13-15-14-7-4-5-8-16(14)26-20-15/h4-5,7-8H,6,9-13H2,1-3H3. The lowest BCUT2D eigenvalue weighted by Gasteiger charge is -2.26. The lowest BCUT2D eigenvalue weighted by molar-refractivity contribution is -0.130. The molecule has 0 aliphatic carbocycles. The molecule has 1 aromatic carbocycles. The number of ether oxygens (including phenoxy) is 1. The first-order valence-corrected chi connectivity index (χ1v) is 8.92. The molecule has 2 heterocycles. The Morgan fingerprint density at radius 3 is 2.58 bits per heavy atom. The second-order valence-corrected chi connectivity index (χ2v) is 7.50. The smallest absolute Gasteiger partial charge is 0.410 e. The molecule has 1 aromatic heterocycles. The van der Waals surface area contributed by atoms with Gasteiger partial charge in [0.25, 0.3) is 0 Å². The van der Waals surface area contributed by atoms with Crippen LogP contribution in [0.15, 0.2) is 28.8 Å². The van der Waals surface area contributed by atoms with Crippen LogP contribution in [0.5, 0.6) is 0 Å². The van der Waals surface area contributed by atoms with Gasteiger partial charge in [-0.25, -0.2) is 4.79 Å². The van der Waals surface area contributed by atoms with Crippen molar-refractivity contribution in [1.82, 2.24) is 15.0 Å². The number of rotatable bonds is 2. The molecule has 1 aliphatic rings. The normalized spacial score (nSPS) is 15.8. The first-order chi connectivity index (χ1) is 12.3. The Hall–Kier alpha value is -2.57. The number of fused-ring (bicyclic) bond motifs is 1. The minimum absolute atomic E-state index is 0.00454. The van der Waals surface area contributed by atoms with Crippen LogP contribution >= 0.6 is 0 Å². The van der Waals surface area contributed by atoms with Crippen molar-refractivity contribution in [3.05, 3.63) is 30.0 Å². The van der Waals surface area contributed by atoms with Gasteiger partial charge < -0.3 is 19.1 Å². The SMILES string of the molecule is CC(C)(C)OC(=O)N1CCCN(C(=O)Cc2noc3ccccc23)CC1. The van der Waals surface area contributed by atoms with Gasteiger partial charge in [0, 0.05) is 31.6 Å². The molecule has 0 saturated carbocycles. The van der Waals surface area contributed by atoms with Gasteiger partial charge in [-0.15, -0.1) is 0 Å². The van der Waals surface area contributed by atoms with Gasteiger partial charge in [0.15, 0.2) is 5.58 Å². The fourth-order valence-corrected chi connectivity index (χ4v) is 3.00. The third-order valence-corrected chi connectivity index (χ3v) is 4.27. The van der Waals surface area contributed by atoms with Gasteiger partial charge in [-0.2, -0.15) is 0 Å². The van der Waals surface area contributed by atoms with Crippen molar-refractivity contribution in [2.45, 2.75) is 39.2 Å². The lowest BCUT2D eigenvalue weighted by Crippen LogP contribution is -2.40. The second kappa shape index (κ2) is 7.35. The van der Waals surface area contributed by atoms with Crippen molar-refractivity contribution in [3.63, 3.8) is 0 Å². The van der Waals surface area contributed by atoms with Crippen molar-refractivity contribution in [1.29, 1.82) is 0 Å². The minimum Gasteiger partial charge on any atom is -0.444 e. The van der Waals surface area contributed by atoms with E-state index >= 15 is 0 Å². The number of hydrogen-bond donors (Lipinski definition) is 0. The average molecular weight is 359 g/mol. The molecule has 2 amide bonds. The molecule has 0 radical (unpaired) electrons. The van der Waals surface area contributed by atoms with E-state index in [0.717, 1.165) is 11.8 Å². The maximum atomic E-state index is 12.7. The number of nitrogens with zero attached hydrogens (tertiary/aromatic N) is 3. The van der Waals surface area contributed by atoms with E-state index in [9.17, 15) is 9.59 Å². The maximum absolute atomic E-state index is 12.7. The molecule has 1 saturated heterocycles. The van der Waals surface area contributed by atoms with E-state index in [1.807, 2.05) is 45.0 Å². The highest BCUT2D eigenvalue weighted by molar-refractivity contribution is 5.86. The molecule has 2 aromatic rings. The Balaban J connectivity index is 1.60. The molecule has 0 bridgehead atoms. The first kappa shape index (κ1) is 18.2. The van der Waals surface area contributed by atoms with Gasteiger partial charge in [0.1, 0.15) is 11.3 Å². The number of hydrogen-bond acceptors (Lipinski definition) is 5. The third-order valence-electron chi connectivity index (χ3n) is 4.27. The van der Waals surface area contributed by atoms with Crippen molar-refractivity contribution in [2.24, 2.45) is 0 Å². The number of benzene rings is 1. The van der Waals surface area contributed by atoms with Crippen molar-refractivity contribution >= 4 is 23.0 Å². The Morgan fingerprint density at radius 2 is 1.81 bits per heavy atom. The summed E-state index contributed by atoms with van der Waals surface area (Å²) in [6.07, 6.45) is 0.600. The van der Waals surface area contributed by atoms with Crippen LogP contribution in [-0.4, -0.2) is 58.7 Å². The summed E-state index contributed by atoms with van der Waals surface area (Å²) in [4.78, 5) is 28.4. The molecule has 0 unspecified atom stereocenters. The van der Waals surface area contributed by atoms with E-state index in [0.29, 0.717) is 37.5 Å². The van der Waals surface area contributed by atoms with Gasteiger partial charge in [-0.3, -0.25) is 4.79 Å². The second-order valence-electron chi connectivity index (χ2n) is 7.50. The monoisotopic (exact) mass is 359 g/mol. The highest BCUT2D eigenvalue weighted by Gasteiger charge is 2.26. The fraction of sp³-hybridized carbons (Fsp3) is 0.526. The summed E-state index contributed by atoms with van der Waals surface area (Å²) in [6, 6.07) is 7.51. The maximum Gasteiger partial charge on any atom is 0.410 e. The Labute approximate surface area is 152 Å². The summed E-state index contributed by atoms with van der Waals surface area (Å²) < 4.78 is 10.7. The van der Waals surface area contributed by atoms with E-state index in [2.05, 4.69) is 5.16 Å². The highest BCUT2D eigenvalue weighted by Crippen LogP contribution is 2.19. The van der Waals surface area contributed by atoms with Crippen LogP contribution in [0.3, 0.4) is 0 Å². The predicted molar refractivity (Wildman–Crippen MR) is 96.7 cm³/mol. The van der Waals surface area contributed by atoms with Crippen LogP contribution < -0.4 is 0 Å². The molecule has 1 fully saturated rings. The van der Waals surface area contributed by atoms with Gasteiger partial charge in [-0.05, 0) is 39.3 Å². The van der Waals surface area contributed by atoms with E-state index in [4.69, 9.17) is 9.26 Å². The summed E-state index contributed by atoms with van der Waals surface area (Å²) >= 11 is 0. The summed E-state index contributed by atoms with van der Waals surface area (Å²) in [7, 11) is 0. The van der Waals surface area contributed by atoms with Gasteiger partial charge in [0.05, 0.1) is 6.42 Å². The van der Waals surface area contributed by atoms with Crippen LogP contribution in [0.2, 0.25) is 0 Å². The molecule has 26 heavy (non-hydrogen) atoms. The Morgan fingerprint density at radius 1 is 1.12 bits per heavy atom. The zero-order valence-electron chi connectivity index (χ0n) is 15.5. The number of carbonyl (C=O) groups is 2. The summed E-state index contributed by atoms with van der Waals surface area (Å²) in [5.41, 5.74) is 0.813. The third kappa shape index (κ3) is 4.33. The molecule has 3 rings (SSSR count). The van der Waals surface area contributed by atoms with Crippen molar-refractivity contribution in [2.75, 3.05) is 26.2 Å².